The highest BCUT2D eigenvalue weighted by molar-refractivity contribution is 5.74. The third kappa shape index (κ3) is 2.97. The lowest BCUT2D eigenvalue weighted by atomic mass is 10.2. The second-order valence-corrected chi connectivity index (χ2v) is 4.61. The molecule has 1 aromatic heterocycles. The molecule has 0 saturated heterocycles. The molecular weight excluding hydrogens is 253 g/mol. The zero-order valence-electron chi connectivity index (χ0n) is 10.9. The Morgan fingerprint density at radius 2 is 1.60 bits per heavy atom. The summed E-state index contributed by atoms with van der Waals surface area (Å²) in [5, 5.41) is 3.30. The van der Waals surface area contributed by atoms with E-state index < -0.39 is 0 Å². The average molecular weight is 267 g/mol. The van der Waals surface area contributed by atoms with Crippen LogP contribution in [0.5, 0.6) is 0 Å². The van der Waals surface area contributed by atoms with E-state index in [-0.39, 0.29) is 5.82 Å². The van der Waals surface area contributed by atoms with Crippen molar-refractivity contribution in [2.45, 2.75) is 13.1 Å². The van der Waals surface area contributed by atoms with E-state index in [2.05, 4.69) is 15.3 Å². The maximum atomic E-state index is 13.0. The molecule has 0 atom stereocenters. The third-order valence-electron chi connectivity index (χ3n) is 3.08. The minimum atomic E-state index is -0.203. The van der Waals surface area contributed by atoms with Crippen LogP contribution in [0.3, 0.4) is 0 Å². The van der Waals surface area contributed by atoms with Gasteiger partial charge in [0.15, 0.2) is 0 Å². The van der Waals surface area contributed by atoms with Gasteiger partial charge in [-0.3, -0.25) is 9.97 Å². The van der Waals surface area contributed by atoms with Crippen LogP contribution in [0.25, 0.3) is 11.0 Å². The zero-order chi connectivity index (χ0) is 13.8. The van der Waals surface area contributed by atoms with Crippen LogP contribution in [0.2, 0.25) is 0 Å². The van der Waals surface area contributed by atoms with E-state index in [1.165, 1.54) is 6.07 Å². The molecule has 3 aromatic rings. The standard InChI is InChI=1S/C16H14FN3/c17-14-3-1-2-12(8-14)10-18-11-13-4-5-15-16(9-13)20-7-6-19-15/h1-9,18H,10-11H2. The topological polar surface area (TPSA) is 37.8 Å². The van der Waals surface area contributed by atoms with E-state index in [0.717, 1.165) is 22.2 Å². The van der Waals surface area contributed by atoms with Crippen molar-refractivity contribution >= 4 is 11.0 Å². The van der Waals surface area contributed by atoms with Gasteiger partial charge in [0.05, 0.1) is 11.0 Å². The van der Waals surface area contributed by atoms with E-state index in [4.69, 9.17) is 0 Å². The van der Waals surface area contributed by atoms with E-state index in [1.807, 2.05) is 24.3 Å². The van der Waals surface area contributed by atoms with Crippen molar-refractivity contribution in [2.75, 3.05) is 0 Å². The highest BCUT2D eigenvalue weighted by atomic mass is 19.1. The molecule has 0 fully saturated rings. The number of halogens is 1. The molecule has 1 heterocycles. The molecular formula is C16H14FN3. The lowest BCUT2D eigenvalue weighted by molar-refractivity contribution is 0.620. The Morgan fingerprint density at radius 1 is 0.850 bits per heavy atom. The summed E-state index contributed by atoms with van der Waals surface area (Å²) in [6.07, 6.45) is 3.37. The number of benzene rings is 2. The van der Waals surface area contributed by atoms with Crippen molar-refractivity contribution in [3.8, 4) is 0 Å². The monoisotopic (exact) mass is 267 g/mol. The van der Waals surface area contributed by atoms with Crippen LogP contribution >= 0.6 is 0 Å². The van der Waals surface area contributed by atoms with Gasteiger partial charge in [0.2, 0.25) is 0 Å². The van der Waals surface area contributed by atoms with Gasteiger partial charge in [-0.2, -0.15) is 0 Å². The fraction of sp³-hybridized carbons (Fsp3) is 0.125. The van der Waals surface area contributed by atoms with Gasteiger partial charge in [0, 0.05) is 25.5 Å². The molecule has 0 aliphatic carbocycles. The second-order valence-electron chi connectivity index (χ2n) is 4.61. The van der Waals surface area contributed by atoms with E-state index in [1.54, 1.807) is 24.5 Å². The molecule has 1 N–H and O–H groups in total. The fourth-order valence-corrected chi connectivity index (χ4v) is 2.12. The zero-order valence-corrected chi connectivity index (χ0v) is 10.9. The van der Waals surface area contributed by atoms with Crippen LogP contribution in [-0.2, 0) is 13.1 Å². The third-order valence-corrected chi connectivity index (χ3v) is 3.08. The maximum absolute atomic E-state index is 13.0. The Balaban J connectivity index is 1.65. The number of fused-ring (bicyclic) bond motifs is 1. The Labute approximate surface area is 116 Å². The number of hydrogen-bond donors (Lipinski definition) is 1. The molecule has 0 amide bonds. The van der Waals surface area contributed by atoms with Gasteiger partial charge in [-0.25, -0.2) is 4.39 Å². The predicted molar refractivity (Wildman–Crippen MR) is 76.5 cm³/mol. The first kappa shape index (κ1) is 12.7. The van der Waals surface area contributed by atoms with Gasteiger partial charge in [0.25, 0.3) is 0 Å². The van der Waals surface area contributed by atoms with Crippen LogP contribution in [-0.4, -0.2) is 9.97 Å². The van der Waals surface area contributed by atoms with Gasteiger partial charge < -0.3 is 5.32 Å². The Bertz CT molecular complexity index is 727. The maximum Gasteiger partial charge on any atom is 0.123 e. The molecule has 0 bridgehead atoms. The molecule has 3 nitrogen and oxygen atoms in total. The number of rotatable bonds is 4. The van der Waals surface area contributed by atoms with Gasteiger partial charge >= 0.3 is 0 Å². The molecule has 0 saturated carbocycles. The number of nitrogens with zero attached hydrogens (tertiary/aromatic N) is 2. The number of nitrogens with one attached hydrogen (secondary N) is 1. The lowest BCUT2D eigenvalue weighted by Gasteiger charge is -2.06. The molecule has 0 radical (unpaired) electrons. The van der Waals surface area contributed by atoms with Crippen LogP contribution in [0.15, 0.2) is 54.9 Å². The van der Waals surface area contributed by atoms with Crippen molar-refractivity contribution in [1.29, 1.82) is 0 Å². The smallest absolute Gasteiger partial charge is 0.123 e. The summed E-state index contributed by atoms with van der Waals surface area (Å²) < 4.78 is 13.0. The Hall–Kier alpha value is -2.33. The van der Waals surface area contributed by atoms with Crippen LogP contribution in [0, 0.1) is 5.82 Å². The van der Waals surface area contributed by atoms with Crippen LogP contribution in [0.1, 0.15) is 11.1 Å². The summed E-state index contributed by atoms with van der Waals surface area (Å²) in [4.78, 5) is 8.52. The van der Waals surface area contributed by atoms with Crippen molar-refractivity contribution in [3.63, 3.8) is 0 Å². The second kappa shape index (κ2) is 5.75. The molecule has 20 heavy (non-hydrogen) atoms. The van der Waals surface area contributed by atoms with Gasteiger partial charge in [-0.15, -0.1) is 0 Å². The summed E-state index contributed by atoms with van der Waals surface area (Å²) >= 11 is 0. The van der Waals surface area contributed by atoms with Gasteiger partial charge in [-0.1, -0.05) is 18.2 Å². The van der Waals surface area contributed by atoms with Gasteiger partial charge in [-0.05, 0) is 35.4 Å². The van der Waals surface area contributed by atoms with Crippen LogP contribution in [0.4, 0.5) is 4.39 Å². The van der Waals surface area contributed by atoms with E-state index in [9.17, 15) is 4.39 Å². The minimum Gasteiger partial charge on any atom is -0.309 e. The summed E-state index contributed by atoms with van der Waals surface area (Å²) in [5.41, 5.74) is 3.85. The normalized spacial score (nSPS) is 10.8. The molecule has 100 valence electrons. The Kier molecular flexibility index (Phi) is 3.65. The molecule has 0 aliphatic rings. The highest BCUT2D eigenvalue weighted by Crippen LogP contribution is 2.11. The van der Waals surface area contributed by atoms with E-state index >= 15 is 0 Å². The van der Waals surface area contributed by atoms with E-state index in [0.29, 0.717) is 13.1 Å². The van der Waals surface area contributed by atoms with Crippen molar-refractivity contribution in [1.82, 2.24) is 15.3 Å². The molecule has 4 heteroatoms. The van der Waals surface area contributed by atoms with Crippen molar-refractivity contribution in [3.05, 3.63) is 71.8 Å². The molecule has 0 unspecified atom stereocenters. The molecule has 3 rings (SSSR count). The fourth-order valence-electron chi connectivity index (χ4n) is 2.12. The summed E-state index contributed by atoms with van der Waals surface area (Å²) in [6, 6.07) is 12.6. The lowest BCUT2D eigenvalue weighted by Crippen LogP contribution is -2.12. The molecule has 0 spiro atoms. The molecule has 2 aromatic carbocycles. The van der Waals surface area contributed by atoms with Crippen molar-refractivity contribution < 1.29 is 4.39 Å². The summed E-state index contributed by atoms with van der Waals surface area (Å²) in [5.74, 6) is -0.203. The number of aromatic nitrogens is 2. The summed E-state index contributed by atoms with van der Waals surface area (Å²) in [7, 11) is 0. The quantitative estimate of drug-likeness (QED) is 0.789. The first-order chi connectivity index (χ1) is 9.81. The largest absolute Gasteiger partial charge is 0.309 e. The minimum absolute atomic E-state index is 0.203. The molecule has 0 aliphatic heterocycles. The van der Waals surface area contributed by atoms with Crippen LogP contribution < -0.4 is 5.32 Å². The summed E-state index contributed by atoms with van der Waals surface area (Å²) in [6.45, 7) is 1.35. The van der Waals surface area contributed by atoms with Gasteiger partial charge in [0.1, 0.15) is 5.82 Å². The Morgan fingerprint density at radius 3 is 2.40 bits per heavy atom. The highest BCUT2D eigenvalue weighted by Gasteiger charge is 1.99. The predicted octanol–water partition coefficient (Wildman–Crippen LogP) is 3.06. The number of hydrogen-bond acceptors (Lipinski definition) is 3. The van der Waals surface area contributed by atoms with Crippen molar-refractivity contribution in [2.24, 2.45) is 0 Å². The average Bonchev–Trinajstić information content (AvgIpc) is 2.47. The first-order valence-corrected chi connectivity index (χ1v) is 6.46. The first-order valence-electron chi connectivity index (χ1n) is 6.46. The SMILES string of the molecule is Fc1cccc(CNCc2ccc3nccnc3c2)c1.